The van der Waals surface area contributed by atoms with E-state index in [4.69, 9.17) is 8.94 Å². The van der Waals surface area contributed by atoms with Gasteiger partial charge in [0.05, 0.1) is 12.2 Å². The third-order valence-corrected chi connectivity index (χ3v) is 5.28. The number of aromatic nitrogens is 4. The summed E-state index contributed by atoms with van der Waals surface area (Å²) < 4.78 is 10.8. The van der Waals surface area contributed by atoms with Gasteiger partial charge in [-0.1, -0.05) is 35.5 Å². The summed E-state index contributed by atoms with van der Waals surface area (Å²) in [6.45, 7) is 2.84. The molecule has 4 heterocycles. The second kappa shape index (κ2) is 7.05. The molecule has 1 amide bonds. The van der Waals surface area contributed by atoms with E-state index in [-0.39, 0.29) is 17.7 Å². The topological polar surface area (TPSA) is 101 Å². The van der Waals surface area contributed by atoms with Crippen LogP contribution in [0.5, 0.6) is 0 Å². The first-order valence-corrected chi connectivity index (χ1v) is 9.43. The van der Waals surface area contributed by atoms with Crippen molar-refractivity contribution in [1.29, 1.82) is 0 Å². The average molecular weight is 389 g/mol. The van der Waals surface area contributed by atoms with E-state index in [1.165, 1.54) is 0 Å². The number of carbonyl (C=O) groups is 1. The molecule has 8 nitrogen and oxygen atoms in total. The minimum Gasteiger partial charge on any atom is -0.463 e. The van der Waals surface area contributed by atoms with Crippen LogP contribution in [0.15, 0.2) is 63.7 Å². The minimum atomic E-state index is -0.140. The van der Waals surface area contributed by atoms with Gasteiger partial charge in [0.25, 0.3) is 5.91 Å². The van der Waals surface area contributed by atoms with Gasteiger partial charge in [-0.3, -0.25) is 9.89 Å². The van der Waals surface area contributed by atoms with Crippen LogP contribution in [0.25, 0.3) is 11.5 Å². The number of carbonyl (C=O) groups excluding carboxylic acids is 1. The molecule has 0 spiro atoms. The highest BCUT2D eigenvalue weighted by atomic mass is 16.5. The molecule has 0 radical (unpaired) electrons. The maximum Gasteiger partial charge on any atom is 0.274 e. The fourth-order valence-corrected chi connectivity index (χ4v) is 3.87. The molecule has 3 aromatic heterocycles. The van der Waals surface area contributed by atoms with Crippen molar-refractivity contribution in [2.75, 3.05) is 13.1 Å². The molecule has 0 aliphatic carbocycles. The normalized spacial score (nSPS) is 19.0. The molecule has 1 saturated heterocycles. The number of likely N-dealkylation sites (tertiary alicyclic amines) is 1. The fourth-order valence-electron chi connectivity index (χ4n) is 3.87. The highest BCUT2D eigenvalue weighted by molar-refractivity contribution is 5.93. The number of amides is 1. The molecule has 1 N–H and O–H groups in total. The zero-order valence-electron chi connectivity index (χ0n) is 15.8. The lowest BCUT2D eigenvalue weighted by Crippen LogP contribution is -2.29. The van der Waals surface area contributed by atoms with Gasteiger partial charge >= 0.3 is 0 Å². The molecule has 5 rings (SSSR count). The molecule has 8 heteroatoms. The van der Waals surface area contributed by atoms with E-state index in [2.05, 4.69) is 32.5 Å². The summed E-state index contributed by atoms with van der Waals surface area (Å²) in [5.74, 6) is 1.66. The molecule has 29 heavy (non-hydrogen) atoms. The van der Waals surface area contributed by atoms with E-state index < -0.39 is 0 Å². The van der Waals surface area contributed by atoms with Gasteiger partial charge < -0.3 is 13.8 Å². The summed E-state index contributed by atoms with van der Waals surface area (Å²) in [5, 5.41) is 11.0. The van der Waals surface area contributed by atoms with Crippen molar-refractivity contribution in [2.24, 2.45) is 0 Å². The molecule has 0 bridgehead atoms. The smallest absolute Gasteiger partial charge is 0.274 e. The standard InChI is InChI=1S/C21H19N5O3/c1-13-22-20(29-25-13)16-12-26(11-15(16)14-6-3-2-4-7-14)21(27)18-10-17(23-24-18)19-8-5-9-28-19/h2-10,15-16H,11-12H2,1H3,(H,23,24)/t15-,16+/m0/s1. The highest BCUT2D eigenvalue weighted by Crippen LogP contribution is 2.39. The number of nitrogens with one attached hydrogen (secondary N) is 1. The van der Waals surface area contributed by atoms with E-state index in [0.717, 1.165) is 5.56 Å². The van der Waals surface area contributed by atoms with Gasteiger partial charge in [0, 0.05) is 25.1 Å². The number of benzene rings is 1. The van der Waals surface area contributed by atoms with E-state index in [0.29, 0.717) is 42.0 Å². The first-order chi connectivity index (χ1) is 14.2. The molecule has 1 fully saturated rings. The average Bonchev–Trinajstić information content (AvgIpc) is 3.54. The lowest BCUT2D eigenvalue weighted by molar-refractivity contribution is 0.0782. The third kappa shape index (κ3) is 3.22. The van der Waals surface area contributed by atoms with Gasteiger partial charge in [-0.2, -0.15) is 10.1 Å². The van der Waals surface area contributed by atoms with Crippen LogP contribution in [0.1, 0.15) is 39.6 Å². The largest absolute Gasteiger partial charge is 0.463 e. The van der Waals surface area contributed by atoms with Crippen LogP contribution in [-0.2, 0) is 0 Å². The summed E-state index contributed by atoms with van der Waals surface area (Å²) >= 11 is 0. The monoisotopic (exact) mass is 389 g/mol. The van der Waals surface area contributed by atoms with Gasteiger partial charge in [-0.25, -0.2) is 0 Å². The van der Waals surface area contributed by atoms with Gasteiger partial charge in [0.1, 0.15) is 5.69 Å². The Bertz CT molecular complexity index is 1120. The molecule has 1 aliphatic heterocycles. The van der Waals surface area contributed by atoms with Crippen LogP contribution in [-0.4, -0.2) is 44.2 Å². The first kappa shape index (κ1) is 17.4. The predicted molar refractivity (Wildman–Crippen MR) is 103 cm³/mol. The van der Waals surface area contributed by atoms with Crippen LogP contribution in [0.2, 0.25) is 0 Å². The number of H-pyrrole nitrogens is 1. The van der Waals surface area contributed by atoms with Crippen LogP contribution >= 0.6 is 0 Å². The molecule has 0 saturated carbocycles. The van der Waals surface area contributed by atoms with Crippen LogP contribution in [0.4, 0.5) is 0 Å². The Morgan fingerprint density at radius 1 is 1.14 bits per heavy atom. The van der Waals surface area contributed by atoms with Gasteiger partial charge in [-0.15, -0.1) is 0 Å². The number of nitrogens with zero attached hydrogens (tertiary/aromatic N) is 4. The van der Waals surface area contributed by atoms with Crippen molar-refractivity contribution in [2.45, 2.75) is 18.8 Å². The van der Waals surface area contributed by atoms with Crippen LogP contribution in [0.3, 0.4) is 0 Å². The lowest BCUT2D eigenvalue weighted by atomic mass is 9.89. The van der Waals surface area contributed by atoms with Gasteiger partial charge in [-0.05, 0) is 24.6 Å². The van der Waals surface area contributed by atoms with Crippen molar-refractivity contribution in [3.8, 4) is 11.5 Å². The Labute approximate surface area is 166 Å². The van der Waals surface area contributed by atoms with E-state index in [1.807, 2.05) is 24.3 Å². The number of furan rings is 1. The Balaban J connectivity index is 1.43. The summed E-state index contributed by atoms with van der Waals surface area (Å²) in [6, 6.07) is 15.4. The Morgan fingerprint density at radius 3 is 2.69 bits per heavy atom. The zero-order chi connectivity index (χ0) is 19.8. The molecule has 2 atom stereocenters. The molecular formula is C21H19N5O3. The van der Waals surface area contributed by atoms with Crippen molar-refractivity contribution >= 4 is 5.91 Å². The number of aromatic amines is 1. The second-order valence-corrected chi connectivity index (χ2v) is 7.16. The fraction of sp³-hybridized carbons (Fsp3) is 0.238. The zero-order valence-corrected chi connectivity index (χ0v) is 15.8. The number of hydrogen-bond acceptors (Lipinski definition) is 6. The minimum absolute atomic E-state index is 0.0639. The van der Waals surface area contributed by atoms with E-state index in [9.17, 15) is 4.79 Å². The lowest BCUT2D eigenvalue weighted by Gasteiger charge is -2.15. The van der Waals surface area contributed by atoms with Crippen molar-refractivity contribution in [1.82, 2.24) is 25.2 Å². The molecule has 1 aliphatic rings. The molecular weight excluding hydrogens is 370 g/mol. The second-order valence-electron chi connectivity index (χ2n) is 7.16. The van der Waals surface area contributed by atoms with Crippen LogP contribution < -0.4 is 0 Å². The summed E-state index contributed by atoms with van der Waals surface area (Å²) in [5.41, 5.74) is 2.16. The van der Waals surface area contributed by atoms with Crippen LogP contribution in [0, 0.1) is 6.92 Å². The molecule has 1 aromatic carbocycles. The summed E-state index contributed by atoms with van der Waals surface area (Å²) in [4.78, 5) is 19.4. The SMILES string of the molecule is Cc1noc([C@@H]2CN(C(=O)c3cc(-c4ccco4)[nH]n3)C[C@H]2c2ccccc2)n1. The first-order valence-electron chi connectivity index (χ1n) is 9.43. The van der Waals surface area contributed by atoms with Gasteiger partial charge in [0.15, 0.2) is 17.3 Å². The van der Waals surface area contributed by atoms with Crippen molar-refractivity contribution < 1.29 is 13.7 Å². The maximum absolute atomic E-state index is 13.1. The quantitative estimate of drug-likeness (QED) is 0.574. The highest BCUT2D eigenvalue weighted by Gasteiger charge is 2.40. The van der Waals surface area contributed by atoms with Crippen molar-refractivity contribution in [3.05, 3.63) is 77.8 Å². The van der Waals surface area contributed by atoms with E-state index in [1.54, 1.807) is 30.2 Å². The number of hydrogen-bond donors (Lipinski definition) is 1. The van der Waals surface area contributed by atoms with Gasteiger partial charge in [0.2, 0.25) is 5.89 Å². The predicted octanol–water partition coefficient (Wildman–Crippen LogP) is 3.38. The van der Waals surface area contributed by atoms with E-state index >= 15 is 0 Å². The molecule has 146 valence electrons. The third-order valence-electron chi connectivity index (χ3n) is 5.28. The molecule has 0 unspecified atom stereocenters. The summed E-state index contributed by atoms with van der Waals surface area (Å²) in [7, 11) is 0. The number of rotatable bonds is 4. The van der Waals surface area contributed by atoms with Crippen molar-refractivity contribution in [3.63, 3.8) is 0 Å². The summed E-state index contributed by atoms with van der Waals surface area (Å²) in [6.07, 6.45) is 1.58. The Morgan fingerprint density at radius 2 is 1.97 bits per heavy atom. The number of aryl methyl sites for hydroxylation is 1. The Kier molecular flexibility index (Phi) is 4.23. The maximum atomic E-state index is 13.1. The Hall–Kier alpha value is -3.68. The molecule has 4 aromatic rings.